The monoisotopic (exact) mass is 350 g/mol. The molecule has 24 heavy (non-hydrogen) atoms. The van der Waals surface area contributed by atoms with Gasteiger partial charge in [-0.2, -0.15) is 0 Å². The van der Waals surface area contributed by atoms with E-state index >= 15 is 0 Å². The van der Waals surface area contributed by atoms with Crippen LogP contribution in [0.5, 0.6) is 23.0 Å². The molecule has 0 fully saturated rings. The Bertz CT molecular complexity index is 791. The SMILES string of the molecule is COc1cc2c(c(OC)c1O)C(=O)C(O)C(Cl)(c1ccccc1)O2. The zero-order chi connectivity index (χ0) is 17.5. The second-order valence-electron chi connectivity index (χ2n) is 5.21. The van der Waals surface area contributed by atoms with Gasteiger partial charge in [0.2, 0.25) is 16.6 Å². The van der Waals surface area contributed by atoms with E-state index in [0.29, 0.717) is 5.56 Å². The molecule has 2 N–H and O–H groups in total. The van der Waals surface area contributed by atoms with E-state index in [1.54, 1.807) is 30.3 Å². The van der Waals surface area contributed by atoms with Gasteiger partial charge in [-0.15, -0.1) is 0 Å². The molecule has 1 aliphatic rings. The summed E-state index contributed by atoms with van der Waals surface area (Å²) in [4.78, 5) is 12.7. The third-order valence-corrected chi connectivity index (χ3v) is 4.38. The zero-order valence-corrected chi connectivity index (χ0v) is 13.7. The molecule has 1 heterocycles. The molecule has 0 saturated carbocycles. The van der Waals surface area contributed by atoms with Crippen LogP contribution in [0.2, 0.25) is 0 Å². The molecule has 0 aromatic heterocycles. The number of phenolic OH excluding ortho intramolecular Hbond substituents is 1. The molecule has 0 saturated heterocycles. The van der Waals surface area contributed by atoms with E-state index < -0.39 is 16.9 Å². The van der Waals surface area contributed by atoms with Gasteiger partial charge in [0.1, 0.15) is 11.3 Å². The van der Waals surface area contributed by atoms with Crippen LogP contribution in [0.4, 0.5) is 0 Å². The Morgan fingerprint density at radius 1 is 1.21 bits per heavy atom. The highest BCUT2D eigenvalue weighted by Crippen LogP contribution is 2.51. The summed E-state index contributed by atoms with van der Waals surface area (Å²) < 4.78 is 15.9. The summed E-state index contributed by atoms with van der Waals surface area (Å²) >= 11 is 6.47. The minimum absolute atomic E-state index is 0.0515. The van der Waals surface area contributed by atoms with Crippen LogP contribution < -0.4 is 14.2 Å². The van der Waals surface area contributed by atoms with Gasteiger partial charge < -0.3 is 24.4 Å². The second-order valence-corrected chi connectivity index (χ2v) is 5.78. The molecule has 0 radical (unpaired) electrons. The van der Waals surface area contributed by atoms with E-state index in [0.717, 1.165) is 0 Å². The number of rotatable bonds is 3. The second kappa shape index (κ2) is 5.89. The number of ketones is 1. The maximum absolute atomic E-state index is 12.7. The Morgan fingerprint density at radius 3 is 2.46 bits per heavy atom. The number of ether oxygens (including phenoxy) is 3. The molecule has 6 nitrogen and oxygen atoms in total. The third-order valence-electron chi connectivity index (χ3n) is 3.88. The van der Waals surface area contributed by atoms with Crippen molar-refractivity contribution < 1.29 is 29.2 Å². The number of aromatic hydroxyl groups is 1. The van der Waals surface area contributed by atoms with Gasteiger partial charge in [-0.05, 0) is 0 Å². The summed E-state index contributed by atoms with van der Waals surface area (Å²) in [6.07, 6.45) is -1.68. The van der Waals surface area contributed by atoms with Gasteiger partial charge in [-0.3, -0.25) is 4.79 Å². The van der Waals surface area contributed by atoms with Crippen molar-refractivity contribution in [2.45, 2.75) is 11.2 Å². The summed E-state index contributed by atoms with van der Waals surface area (Å²) in [5, 5.41) is 18.8. The van der Waals surface area contributed by atoms with Crippen LogP contribution in [0.3, 0.4) is 0 Å². The Kier molecular flexibility index (Phi) is 4.03. The Morgan fingerprint density at radius 2 is 1.88 bits per heavy atom. The lowest BCUT2D eigenvalue weighted by Crippen LogP contribution is -2.48. The van der Waals surface area contributed by atoms with Crippen molar-refractivity contribution in [2.24, 2.45) is 0 Å². The standard InChI is InChI=1S/C17H15ClO6/c1-22-11-8-10-12(15(23-2)13(11)19)14(20)16(21)17(18,24-10)9-6-4-3-5-7-9/h3-8,16,19,21H,1-2H3. The molecule has 2 atom stereocenters. The van der Waals surface area contributed by atoms with Gasteiger partial charge in [-0.1, -0.05) is 41.9 Å². The number of aliphatic hydroxyl groups excluding tert-OH is 1. The van der Waals surface area contributed by atoms with E-state index in [4.69, 9.17) is 25.8 Å². The van der Waals surface area contributed by atoms with Crippen LogP contribution in [-0.2, 0) is 5.06 Å². The van der Waals surface area contributed by atoms with E-state index in [-0.39, 0.29) is 28.6 Å². The molecule has 2 unspecified atom stereocenters. The first-order chi connectivity index (χ1) is 11.4. The molecule has 7 heteroatoms. The molecule has 3 rings (SSSR count). The predicted molar refractivity (Wildman–Crippen MR) is 86.1 cm³/mol. The maximum Gasteiger partial charge on any atom is 0.241 e. The van der Waals surface area contributed by atoms with Gasteiger partial charge in [-0.25, -0.2) is 0 Å². The number of carbonyl (C=O) groups excluding carboxylic acids is 1. The number of benzene rings is 2. The van der Waals surface area contributed by atoms with Crippen molar-refractivity contribution in [3.8, 4) is 23.0 Å². The van der Waals surface area contributed by atoms with Gasteiger partial charge >= 0.3 is 0 Å². The molecule has 0 spiro atoms. The molecular formula is C17H15ClO6. The molecule has 0 aliphatic carbocycles. The fourth-order valence-electron chi connectivity index (χ4n) is 2.67. The van der Waals surface area contributed by atoms with Crippen molar-refractivity contribution in [1.29, 1.82) is 0 Å². The van der Waals surface area contributed by atoms with Crippen molar-refractivity contribution in [1.82, 2.24) is 0 Å². The number of alkyl halides is 1. The van der Waals surface area contributed by atoms with Crippen molar-refractivity contribution in [2.75, 3.05) is 14.2 Å². The van der Waals surface area contributed by atoms with Gasteiger partial charge in [0.15, 0.2) is 17.6 Å². The fourth-order valence-corrected chi connectivity index (χ4v) is 2.98. The van der Waals surface area contributed by atoms with E-state index in [2.05, 4.69) is 0 Å². The maximum atomic E-state index is 12.7. The highest BCUT2D eigenvalue weighted by molar-refractivity contribution is 6.27. The topological polar surface area (TPSA) is 85.2 Å². The summed E-state index contributed by atoms with van der Waals surface area (Å²) in [6, 6.07) is 9.82. The minimum atomic E-state index is -1.79. The van der Waals surface area contributed by atoms with E-state index in [9.17, 15) is 15.0 Å². The summed E-state index contributed by atoms with van der Waals surface area (Å²) in [5.74, 6) is -1.10. The number of hydrogen-bond donors (Lipinski definition) is 2. The van der Waals surface area contributed by atoms with Crippen LogP contribution >= 0.6 is 11.6 Å². The molecular weight excluding hydrogens is 336 g/mol. The fraction of sp³-hybridized carbons (Fsp3) is 0.235. The molecule has 2 aromatic carbocycles. The van der Waals surface area contributed by atoms with Crippen LogP contribution in [0.15, 0.2) is 36.4 Å². The number of halogens is 1. The number of hydrogen-bond acceptors (Lipinski definition) is 6. The Balaban J connectivity index is 2.22. The molecule has 2 aromatic rings. The first kappa shape index (κ1) is 16.4. The smallest absolute Gasteiger partial charge is 0.241 e. The number of carbonyl (C=O) groups is 1. The average molecular weight is 351 g/mol. The number of methoxy groups -OCH3 is 2. The van der Waals surface area contributed by atoms with E-state index in [1.165, 1.54) is 20.3 Å². The van der Waals surface area contributed by atoms with Gasteiger partial charge in [0, 0.05) is 11.6 Å². The summed E-state index contributed by atoms with van der Waals surface area (Å²) in [6.45, 7) is 0. The molecule has 0 bridgehead atoms. The van der Waals surface area contributed by atoms with Crippen LogP contribution in [-0.4, -0.2) is 36.3 Å². The molecule has 0 amide bonds. The Hall–Kier alpha value is -2.44. The lowest BCUT2D eigenvalue weighted by molar-refractivity contribution is -0.00167. The highest BCUT2D eigenvalue weighted by Gasteiger charge is 2.51. The third kappa shape index (κ3) is 2.26. The van der Waals surface area contributed by atoms with Crippen molar-refractivity contribution >= 4 is 17.4 Å². The molecule has 126 valence electrons. The number of Topliss-reactive ketones (excluding diaryl/α,β-unsaturated/α-hetero) is 1. The normalized spacial score (nSPS) is 22.5. The van der Waals surface area contributed by atoms with Gasteiger partial charge in [0.05, 0.1) is 14.2 Å². The number of phenols is 1. The van der Waals surface area contributed by atoms with Crippen LogP contribution in [0.25, 0.3) is 0 Å². The highest BCUT2D eigenvalue weighted by atomic mass is 35.5. The van der Waals surface area contributed by atoms with Crippen molar-refractivity contribution in [3.05, 3.63) is 47.5 Å². The van der Waals surface area contributed by atoms with E-state index in [1.807, 2.05) is 0 Å². The largest absolute Gasteiger partial charge is 0.502 e. The lowest BCUT2D eigenvalue weighted by Gasteiger charge is -2.37. The number of fused-ring (bicyclic) bond motifs is 1. The zero-order valence-electron chi connectivity index (χ0n) is 12.9. The Labute approximate surface area is 143 Å². The first-order valence-corrected chi connectivity index (χ1v) is 7.45. The van der Waals surface area contributed by atoms with Crippen molar-refractivity contribution in [3.63, 3.8) is 0 Å². The quantitative estimate of drug-likeness (QED) is 0.827. The predicted octanol–water partition coefficient (Wildman–Crippen LogP) is 2.44. The number of aliphatic hydroxyl groups is 1. The summed E-state index contributed by atoms with van der Waals surface area (Å²) in [5.41, 5.74) is 0.333. The van der Waals surface area contributed by atoms with Crippen LogP contribution in [0, 0.1) is 0 Å². The summed E-state index contributed by atoms with van der Waals surface area (Å²) in [7, 11) is 2.64. The molecule has 1 aliphatic heterocycles. The van der Waals surface area contributed by atoms with Crippen LogP contribution in [0.1, 0.15) is 15.9 Å². The van der Waals surface area contributed by atoms with Gasteiger partial charge in [0.25, 0.3) is 0 Å². The average Bonchev–Trinajstić information content (AvgIpc) is 2.60. The first-order valence-electron chi connectivity index (χ1n) is 7.07. The minimum Gasteiger partial charge on any atom is -0.502 e. The lowest BCUT2D eigenvalue weighted by atomic mass is 9.92.